The van der Waals surface area contributed by atoms with Crippen LogP contribution in [0.4, 0.5) is 17.1 Å². The summed E-state index contributed by atoms with van der Waals surface area (Å²) in [6, 6.07) is 80.0. The van der Waals surface area contributed by atoms with Gasteiger partial charge >= 0.3 is 0 Å². The van der Waals surface area contributed by atoms with E-state index >= 15 is 0 Å². The highest BCUT2D eigenvalue weighted by molar-refractivity contribution is 7.26. The molecule has 0 aliphatic heterocycles. The van der Waals surface area contributed by atoms with Gasteiger partial charge in [-0.3, -0.25) is 0 Å². The fourth-order valence-corrected chi connectivity index (χ4v) is 10.6. The monoisotopic (exact) mass is 768 g/mol. The number of thiophene rings is 1. The molecule has 0 saturated heterocycles. The number of para-hydroxylation sites is 4. The molecule has 0 aliphatic rings. The Balaban J connectivity index is 1.11. The van der Waals surface area contributed by atoms with E-state index in [1.165, 1.54) is 85.8 Å². The van der Waals surface area contributed by atoms with Crippen molar-refractivity contribution in [2.75, 3.05) is 4.90 Å². The fourth-order valence-electron chi connectivity index (χ4n) is 9.35. The van der Waals surface area contributed by atoms with Crippen molar-refractivity contribution in [3.8, 4) is 27.9 Å². The Morgan fingerprint density at radius 3 is 1.80 bits per heavy atom. The van der Waals surface area contributed by atoms with Crippen molar-refractivity contribution in [1.29, 1.82) is 0 Å². The maximum absolute atomic E-state index is 2.46. The number of nitrogens with zero attached hydrogens (tertiary/aromatic N) is 2. The first kappa shape index (κ1) is 33.7. The van der Waals surface area contributed by atoms with Gasteiger partial charge in [-0.2, -0.15) is 0 Å². The van der Waals surface area contributed by atoms with Crippen molar-refractivity contribution in [2.45, 2.75) is 0 Å². The number of hydrogen-bond acceptors (Lipinski definition) is 2. The van der Waals surface area contributed by atoms with Crippen LogP contribution >= 0.6 is 11.3 Å². The largest absolute Gasteiger partial charge is 0.310 e. The molecule has 0 N–H and O–H groups in total. The molecule has 0 atom stereocenters. The first-order chi connectivity index (χ1) is 29.3. The summed E-state index contributed by atoms with van der Waals surface area (Å²) in [6.45, 7) is 0. The predicted molar refractivity (Wildman–Crippen MR) is 254 cm³/mol. The molecular weight excluding hydrogens is 733 g/mol. The van der Waals surface area contributed by atoms with E-state index in [0.29, 0.717) is 0 Å². The van der Waals surface area contributed by atoms with Crippen molar-refractivity contribution in [3.05, 3.63) is 218 Å². The highest BCUT2D eigenvalue weighted by Gasteiger charge is 2.22. The molecule has 0 spiro atoms. The molecule has 10 aromatic carbocycles. The maximum atomic E-state index is 2.46. The number of benzene rings is 10. The summed E-state index contributed by atoms with van der Waals surface area (Å²) in [6.07, 6.45) is 0. The lowest BCUT2D eigenvalue weighted by Crippen LogP contribution is -2.10. The number of anilines is 3. The van der Waals surface area contributed by atoms with Gasteiger partial charge in [-0.1, -0.05) is 158 Å². The Morgan fingerprint density at radius 1 is 0.339 bits per heavy atom. The van der Waals surface area contributed by atoms with Crippen LogP contribution in [-0.4, -0.2) is 4.57 Å². The minimum Gasteiger partial charge on any atom is -0.310 e. The molecule has 0 fully saturated rings. The topological polar surface area (TPSA) is 8.17 Å². The van der Waals surface area contributed by atoms with E-state index in [0.717, 1.165) is 22.7 Å². The van der Waals surface area contributed by atoms with E-state index in [1.54, 1.807) is 0 Å². The van der Waals surface area contributed by atoms with E-state index in [-0.39, 0.29) is 0 Å². The second-order valence-corrected chi connectivity index (χ2v) is 16.3. The van der Waals surface area contributed by atoms with Crippen molar-refractivity contribution >= 4 is 91.9 Å². The summed E-state index contributed by atoms with van der Waals surface area (Å²) in [4.78, 5) is 2.43. The van der Waals surface area contributed by atoms with Gasteiger partial charge in [-0.05, 0) is 93.3 Å². The normalized spacial score (nSPS) is 11.7. The Labute approximate surface area is 346 Å². The Bertz CT molecular complexity index is 3520. The number of hydrogen-bond donors (Lipinski definition) is 0. The molecule has 12 rings (SSSR count). The lowest BCUT2D eigenvalue weighted by molar-refractivity contribution is 1.18. The molecule has 59 heavy (non-hydrogen) atoms. The zero-order valence-electron chi connectivity index (χ0n) is 32.1. The van der Waals surface area contributed by atoms with Crippen LogP contribution in [0.15, 0.2) is 218 Å². The lowest BCUT2D eigenvalue weighted by Gasteiger charge is -2.27. The summed E-state index contributed by atoms with van der Waals surface area (Å²) in [5, 5.41) is 10.1. The number of rotatable bonds is 6. The molecule has 0 bridgehead atoms. The first-order valence-electron chi connectivity index (χ1n) is 20.2. The molecule has 3 heteroatoms. The molecule has 0 saturated carbocycles. The smallest absolute Gasteiger partial charge is 0.0541 e. The molecule has 0 aliphatic carbocycles. The molecule has 0 radical (unpaired) electrons. The molecule has 2 nitrogen and oxygen atoms in total. The van der Waals surface area contributed by atoms with Gasteiger partial charge in [0.2, 0.25) is 0 Å². The minimum atomic E-state index is 1.10. The van der Waals surface area contributed by atoms with Crippen LogP contribution in [0.5, 0.6) is 0 Å². The third-order valence-electron chi connectivity index (χ3n) is 12.0. The van der Waals surface area contributed by atoms with Crippen LogP contribution in [0.3, 0.4) is 0 Å². The van der Waals surface area contributed by atoms with Gasteiger partial charge in [0.25, 0.3) is 0 Å². The lowest BCUT2D eigenvalue weighted by atomic mass is 9.94. The first-order valence-corrected chi connectivity index (χ1v) is 21.0. The second kappa shape index (κ2) is 13.6. The Kier molecular flexibility index (Phi) is 7.75. The quantitative estimate of drug-likeness (QED) is 0.153. The Morgan fingerprint density at radius 2 is 0.966 bits per heavy atom. The van der Waals surface area contributed by atoms with Gasteiger partial charge in [0.15, 0.2) is 0 Å². The summed E-state index contributed by atoms with van der Waals surface area (Å²) in [7, 11) is 0. The highest BCUT2D eigenvalue weighted by atomic mass is 32.1. The fraction of sp³-hybridized carbons (Fsp3) is 0. The number of aromatic nitrogens is 1. The van der Waals surface area contributed by atoms with E-state index in [2.05, 4.69) is 228 Å². The molecular formula is C56H36N2S. The van der Waals surface area contributed by atoms with Crippen LogP contribution < -0.4 is 4.90 Å². The zero-order valence-corrected chi connectivity index (χ0v) is 32.9. The minimum absolute atomic E-state index is 1.10. The van der Waals surface area contributed by atoms with Crippen molar-refractivity contribution in [3.63, 3.8) is 0 Å². The molecule has 2 aromatic heterocycles. The number of fused-ring (bicyclic) bond motifs is 9. The van der Waals surface area contributed by atoms with E-state index in [4.69, 9.17) is 0 Å². The second-order valence-electron chi connectivity index (χ2n) is 15.3. The van der Waals surface area contributed by atoms with Crippen LogP contribution in [0.1, 0.15) is 0 Å². The molecule has 276 valence electrons. The predicted octanol–water partition coefficient (Wildman–Crippen LogP) is 16.3. The van der Waals surface area contributed by atoms with Gasteiger partial charge in [0, 0.05) is 59.1 Å². The van der Waals surface area contributed by atoms with Crippen LogP contribution in [0.25, 0.3) is 91.5 Å². The summed E-state index contributed by atoms with van der Waals surface area (Å²) in [5.41, 5.74) is 11.7. The molecule has 12 aromatic rings. The van der Waals surface area contributed by atoms with Crippen LogP contribution in [-0.2, 0) is 0 Å². The standard InChI is InChI=1S/C56H36N2S/c1-2-18-39(19-3-1)57(40-20-14-17-38(34-40)43-26-15-27-44-42-21-5-4-16-37(42)32-33-45(43)44)41-35-50(56-51(36-41)49-25-9-13-31-55(49)59-56)48-24-8-12-30-54(48)58-52-28-10-6-22-46(52)47-23-7-11-29-53(47)58/h1-36H. The summed E-state index contributed by atoms with van der Waals surface area (Å²) in [5.74, 6) is 0. The van der Waals surface area contributed by atoms with E-state index < -0.39 is 0 Å². The summed E-state index contributed by atoms with van der Waals surface area (Å²) >= 11 is 1.88. The van der Waals surface area contributed by atoms with Gasteiger partial charge in [0.05, 0.1) is 16.7 Å². The highest BCUT2D eigenvalue weighted by Crippen LogP contribution is 2.48. The SMILES string of the molecule is c1ccc(N(c2cccc(-c3cccc4c3ccc3ccccc34)c2)c2cc(-c3ccccc3-n3c4ccccc4c4ccccc43)c3sc4ccccc4c3c2)cc1. The maximum Gasteiger partial charge on any atom is 0.0541 e. The van der Waals surface area contributed by atoms with Crippen LogP contribution in [0.2, 0.25) is 0 Å². The van der Waals surface area contributed by atoms with Gasteiger partial charge in [0.1, 0.15) is 0 Å². The van der Waals surface area contributed by atoms with Crippen molar-refractivity contribution < 1.29 is 0 Å². The van der Waals surface area contributed by atoms with Crippen molar-refractivity contribution in [2.24, 2.45) is 0 Å². The van der Waals surface area contributed by atoms with Gasteiger partial charge in [-0.25, -0.2) is 0 Å². The molecule has 0 amide bonds. The average Bonchev–Trinajstić information content (AvgIpc) is 3.85. The van der Waals surface area contributed by atoms with Gasteiger partial charge < -0.3 is 9.47 Å². The van der Waals surface area contributed by atoms with E-state index in [1.807, 2.05) is 11.3 Å². The average molecular weight is 769 g/mol. The Hall–Kier alpha value is -7.46. The molecule has 0 unspecified atom stereocenters. The third kappa shape index (κ3) is 5.40. The van der Waals surface area contributed by atoms with E-state index in [9.17, 15) is 0 Å². The zero-order chi connectivity index (χ0) is 38.9. The third-order valence-corrected chi connectivity index (χ3v) is 13.2. The van der Waals surface area contributed by atoms with Crippen molar-refractivity contribution in [1.82, 2.24) is 4.57 Å². The van der Waals surface area contributed by atoms with Gasteiger partial charge in [-0.15, -0.1) is 11.3 Å². The van der Waals surface area contributed by atoms with Crippen LogP contribution in [0, 0.1) is 0 Å². The molecule has 2 heterocycles. The summed E-state index contributed by atoms with van der Waals surface area (Å²) < 4.78 is 5.03.